The van der Waals surface area contributed by atoms with E-state index in [1.54, 1.807) is 0 Å². The lowest BCUT2D eigenvalue weighted by Gasteiger charge is -2.18. The summed E-state index contributed by atoms with van der Waals surface area (Å²) in [5, 5.41) is 0. The highest BCUT2D eigenvalue weighted by Gasteiger charge is 2.19. The zero-order valence-corrected chi connectivity index (χ0v) is 42.6. The molecule has 0 spiro atoms. The van der Waals surface area contributed by atoms with Gasteiger partial charge in [-0.25, -0.2) is 0 Å². The zero-order chi connectivity index (χ0) is 45.8. The van der Waals surface area contributed by atoms with E-state index < -0.39 is 6.10 Å². The van der Waals surface area contributed by atoms with Crippen molar-refractivity contribution in [2.24, 2.45) is 0 Å². The molecule has 63 heavy (non-hydrogen) atoms. The minimum Gasteiger partial charge on any atom is -0.462 e. The number of carbonyl (C=O) groups is 3. The summed E-state index contributed by atoms with van der Waals surface area (Å²) in [6.07, 6.45) is 59.1. The van der Waals surface area contributed by atoms with Crippen molar-refractivity contribution in [3.8, 4) is 0 Å². The summed E-state index contributed by atoms with van der Waals surface area (Å²) in [4.78, 5) is 38.1. The molecule has 1 atom stereocenters. The average Bonchev–Trinajstić information content (AvgIpc) is 3.28. The Morgan fingerprint density at radius 2 is 0.524 bits per heavy atom. The molecule has 0 rings (SSSR count). The quantitative estimate of drug-likeness (QED) is 0.0262. The summed E-state index contributed by atoms with van der Waals surface area (Å²) in [6, 6.07) is 0. The third-order valence-corrected chi connectivity index (χ3v) is 12.8. The molecule has 0 fully saturated rings. The molecule has 0 aliphatic heterocycles. The maximum absolute atomic E-state index is 12.8. The van der Waals surface area contributed by atoms with E-state index >= 15 is 0 Å². The average molecular weight is 889 g/mol. The van der Waals surface area contributed by atoms with Crippen molar-refractivity contribution < 1.29 is 28.6 Å². The minimum atomic E-state index is -0.765. The molecule has 0 saturated carbocycles. The van der Waals surface area contributed by atoms with Crippen LogP contribution in [0.5, 0.6) is 0 Å². The van der Waals surface area contributed by atoms with Crippen LogP contribution in [-0.4, -0.2) is 37.2 Å². The minimum absolute atomic E-state index is 0.0653. The van der Waals surface area contributed by atoms with Crippen molar-refractivity contribution in [3.63, 3.8) is 0 Å². The van der Waals surface area contributed by atoms with Crippen LogP contribution in [0.4, 0.5) is 0 Å². The van der Waals surface area contributed by atoms with Gasteiger partial charge in [0.25, 0.3) is 0 Å². The first kappa shape index (κ1) is 61.1. The Bertz CT molecular complexity index is 978. The van der Waals surface area contributed by atoms with Crippen molar-refractivity contribution in [1.29, 1.82) is 0 Å². The number of ether oxygens (including phenoxy) is 3. The number of rotatable bonds is 52. The molecule has 0 unspecified atom stereocenters. The maximum Gasteiger partial charge on any atom is 0.306 e. The molecule has 0 saturated heterocycles. The first-order chi connectivity index (χ1) is 31.0. The standard InChI is InChI=1S/C57H108O6/c1-4-7-10-13-16-19-22-25-27-28-30-33-35-38-41-44-47-50-56(59)62-53-54(63-57(60)51-48-45-42-39-36-31-24-21-18-15-12-9-6-3)52-61-55(58)49-46-43-40-37-34-32-29-26-23-20-17-14-11-8-5-2/h20,23,54H,4-19,21-22,24-53H2,1-3H3/b23-20-/t54-/m1/s1. The smallest absolute Gasteiger partial charge is 0.306 e. The Labute approximate surface area is 392 Å². The van der Waals surface area contributed by atoms with Crippen molar-refractivity contribution in [3.05, 3.63) is 12.2 Å². The number of hydrogen-bond donors (Lipinski definition) is 0. The predicted octanol–water partition coefficient (Wildman–Crippen LogP) is 18.5. The van der Waals surface area contributed by atoms with Gasteiger partial charge < -0.3 is 14.2 Å². The maximum atomic E-state index is 12.8. The fourth-order valence-electron chi connectivity index (χ4n) is 8.50. The number of allylic oxidation sites excluding steroid dienone is 2. The Morgan fingerprint density at radius 1 is 0.302 bits per heavy atom. The van der Waals surface area contributed by atoms with Crippen molar-refractivity contribution in [1.82, 2.24) is 0 Å². The third kappa shape index (κ3) is 51.0. The second-order valence-electron chi connectivity index (χ2n) is 19.2. The van der Waals surface area contributed by atoms with Crippen molar-refractivity contribution in [2.75, 3.05) is 13.2 Å². The lowest BCUT2D eigenvalue weighted by Crippen LogP contribution is -2.30. The number of unbranched alkanes of at least 4 members (excludes halogenated alkanes) is 39. The first-order valence-electron chi connectivity index (χ1n) is 28.2. The van der Waals surface area contributed by atoms with Crippen LogP contribution >= 0.6 is 0 Å². The molecule has 0 radical (unpaired) electrons. The van der Waals surface area contributed by atoms with Crippen LogP contribution in [0.1, 0.15) is 316 Å². The van der Waals surface area contributed by atoms with Crippen LogP contribution in [0.25, 0.3) is 0 Å². The molecule has 0 aromatic rings. The van der Waals surface area contributed by atoms with E-state index in [1.165, 1.54) is 218 Å². The summed E-state index contributed by atoms with van der Waals surface area (Å²) in [6.45, 7) is 6.67. The van der Waals surface area contributed by atoms with E-state index in [0.29, 0.717) is 19.3 Å². The lowest BCUT2D eigenvalue weighted by atomic mass is 10.0. The Hall–Kier alpha value is -1.85. The van der Waals surface area contributed by atoms with Crippen LogP contribution < -0.4 is 0 Å². The van der Waals surface area contributed by atoms with Gasteiger partial charge in [0.2, 0.25) is 0 Å². The number of esters is 3. The highest BCUT2D eigenvalue weighted by Crippen LogP contribution is 2.17. The third-order valence-electron chi connectivity index (χ3n) is 12.8. The molecule has 0 N–H and O–H groups in total. The van der Waals surface area contributed by atoms with Gasteiger partial charge in [-0.3, -0.25) is 14.4 Å². The zero-order valence-electron chi connectivity index (χ0n) is 42.6. The second kappa shape index (κ2) is 52.8. The second-order valence-corrected chi connectivity index (χ2v) is 19.2. The van der Waals surface area contributed by atoms with Gasteiger partial charge in [0.15, 0.2) is 6.10 Å². The van der Waals surface area contributed by atoms with Gasteiger partial charge in [0.1, 0.15) is 13.2 Å². The predicted molar refractivity (Wildman–Crippen MR) is 270 cm³/mol. The monoisotopic (exact) mass is 889 g/mol. The molecule has 0 amide bonds. The van der Waals surface area contributed by atoms with Gasteiger partial charge in [-0.1, -0.05) is 264 Å². The molecular formula is C57H108O6. The van der Waals surface area contributed by atoms with Crippen LogP contribution in [0.15, 0.2) is 12.2 Å². The molecule has 0 heterocycles. The van der Waals surface area contributed by atoms with Crippen LogP contribution in [0, 0.1) is 0 Å². The van der Waals surface area contributed by atoms with E-state index in [9.17, 15) is 14.4 Å². The molecule has 0 aromatic heterocycles. The van der Waals surface area contributed by atoms with E-state index in [-0.39, 0.29) is 31.1 Å². The molecule has 0 aliphatic rings. The fourth-order valence-corrected chi connectivity index (χ4v) is 8.50. The van der Waals surface area contributed by atoms with Gasteiger partial charge in [-0.05, 0) is 44.9 Å². The van der Waals surface area contributed by atoms with Crippen molar-refractivity contribution >= 4 is 17.9 Å². The van der Waals surface area contributed by atoms with Gasteiger partial charge >= 0.3 is 17.9 Å². The molecule has 0 bridgehead atoms. The van der Waals surface area contributed by atoms with E-state index in [1.807, 2.05) is 0 Å². The van der Waals surface area contributed by atoms with Gasteiger partial charge in [0, 0.05) is 19.3 Å². The topological polar surface area (TPSA) is 78.9 Å². The molecule has 0 aliphatic carbocycles. The Morgan fingerprint density at radius 3 is 0.810 bits per heavy atom. The van der Waals surface area contributed by atoms with E-state index in [0.717, 1.165) is 57.8 Å². The SMILES string of the molecule is CCCCCC/C=C\CCCCCCCCCC(=O)OC[C@H](COC(=O)CCCCCCCCCCCCCCCCCCC)OC(=O)CCCCCCCCCCCCCCC. The summed E-state index contributed by atoms with van der Waals surface area (Å²) in [7, 11) is 0. The number of carbonyl (C=O) groups excluding carboxylic acids is 3. The molecule has 0 aromatic carbocycles. The first-order valence-corrected chi connectivity index (χ1v) is 28.2. The van der Waals surface area contributed by atoms with Gasteiger partial charge in [-0.15, -0.1) is 0 Å². The van der Waals surface area contributed by atoms with Crippen LogP contribution in [0.3, 0.4) is 0 Å². The van der Waals surface area contributed by atoms with Gasteiger partial charge in [-0.2, -0.15) is 0 Å². The van der Waals surface area contributed by atoms with Gasteiger partial charge in [0.05, 0.1) is 0 Å². The van der Waals surface area contributed by atoms with Crippen LogP contribution in [-0.2, 0) is 28.6 Å². The molecule has 6 heteroatoms. The summed E-state index contributed by atoms with van der Waals surface area (Å²) >= 11 is 0. The highest BCUT2D eigenvalue weighted by atomic mass is 16.6. The lowest BCUT2D eigenvalue weighted by molar-refractivity contribution is -0.167. The molecule has 372 valence electrons. The molecule has 6 nitrogen and oxygen atoms in total. The highest BCUT2D eigenvalue weighted by molar-refractivity contribution is 5.71. The number of hydrogen-bond acceptors (Lipinski definition) is 6. The Kier molecular flexibility index (Phi) is 51.2. The Balaban J connectivity index is 4.30. The van der Waals surface area contributed by atoms with E-state index in [4.69, 9.17) is 14.2 Å². The van der Waals surface area contributed by atoms with Crippen LogP contribution in [0.2, 0.25) is 0 Å². The fraction of sp³-hybridized carbons (Fsp3) is 0.912. The van der Waals surface area contributed by atoms with E-state index in [2.05, 4.69) is 32.9 Å². The van der Waals surface area contributed by atoms with Crippen molar-refractivity contribution in [2.45, 2.75) is 322 Å². The summed E-state index contributed by atoms with van der Waals surface area (Å²) < 4.78 is 16.9. The molecular weight excluding hydrogens is 781 g/mol. The summed E-state index contributed by atoms with van der Waals surface area (Å²) in [5.74, 6) is -0.847. The largest absolute Gasteiger partial charge is 0.462 e. The normalized spacial score (nSPS) is 12.0. The summed E-state index contributed by atoms with van der Waals surface area (Å²) in [5.41, 5.74) is 0.